The molecule has 9 heteroatoms. The molecule has 0 bridgehead atoms. The van der Waals surface area contributed by atoms with E-state index in [4.69, 9.17) is 16.7 Å². The number of aliphatic hydroxyl groups excluding tert-OH is 1. The number of aliphatic hydroxyl groups is 1. The fourth-order valence-electron chi connectivity index (χ4n) is 1.72. The number of benzene rings is 1. The van der Waals surface area contributed by atoms with Crippen molar-refractivity contribution in [3.8, 4) is 0 Å². The maximum atomic E-state index is 10.8. The second-order valence-electron chi connectivity index (χ2n) is 4.33. The second kappa shape index (κ2) is 7.00. The molecule has 0 saturated carbocycles. The molecular weight excluding hydrogens is 298 g/mol. The number of hydrogen-bond acceptors (Lipinski definition) is 6. The molecule has 0 aliphatic rings. The van der Waals surface area contributed by atoms with Crippen LogP contribution in [0.15, 0.2) is 24.4 Å². The van der Waals surface area contributed by atoms with Crippen LogP contribution < -0.4 is 5.32 Å². The summed E-state index contributed by atoms with van der Waals surface area (Å²) in [6, 6.07) is 4.50. The average Bonchev–Trinajstić information content (AvgIpc) is 2.92. The van der Waals surface area contributed by atoms with Gasteiger partial charge in [-0.1, -0.05) is 16.8 Å². The Labute approximate surface area is 125 Å². The van der Waals surface area contributed by atoms with E-state index in [1.165, 1.54) is 12.1 Å². The summed E-state index contributed by atoms with van der Waals surface area (Å²) >= 11 is 5.74. The van der Waals surface area contributed by atoms with Crippen LogP contribution in [0.3, 0.4) is 0 Å². The lowest BCUT2D eigenvalue weighted by Crippen LogP contribution is -2.01. The molecule has 1 heterocycles. The predicted octanol–water partition coefficient (Wildman–Crippen LogP) is 1.83. The first-order chi connectivity index (χ1) is 10.1. The molecule has 2 N–H and O–H groups in total. The largest absolute Gasteiger partial charge is 0.396 e. The van der Waals surface area contributed by atoms with Crippen LogP contribution in [0.5, 0.6) is 0 Å². The van der Waals surface area contributed by atoms with Crippen molar-refractivity contribution in [3.05, 3.63) is 45.2 Å². The van der Waals surface area contributed by atoms with Gasteiger partial charge in [-0.05, 0) is 18.6 Å². The summed E-state index contributed by atoms with van der Waals surface area (Å²) in [7, 11) is 0. The Morgan fingerprint density at radius 2 is 2.29 bits per heavy atom. The number of aryl methyl sites for hydroxylation is 1. The molecule has 0 unspecified atom stereocenters. The Kier molecular flexibility index (Phi) is 5.07. The summed E-state index contributed by atoms with van der Waals surface area (Å²) in [5.41, 5.74) is 1.13. The van der Waals surface area contributed by atoms with Crippen LogP contribution >= 0.6 is 11.6 Å². The van der Waals surface area contributed by atoms with Crippen LogP contribution in [-0.2, 0) is 13.1 Å². The maximum absolute atomic E-state index is 10.8. The molecular formula is C12H14ClN5O3. The quantitative estimate of drug-likeness (QED) is 0.597. The van der Waals surface area contributed by atoms with E-state index in [9.17, 15) is 10.1 Å². The number of nitro benzene ring substituents is 1. The van der Waals surface area contributed by atoms with Gasteiger partial charge in [0, 0.05) is 24.9 Å². The highest BCUT2D eigenvalue weighted by molar-refractivity contribution is 6.32. The minimum atomic E-state index is -0.529. The molecule has 0 aliphatic heterocycles. The van der Waals surface area contributed by atoms with Crippen molar-refractivity contribution in [1.82, 2.24) is 15.0 Å². The number of rotatable bonds is 7. The Bertz CT molecular complexity index is 631. The molecule has 0 spiro atoms. The third-order valence-electron chi connectivity index (χ3n) is 2.75. The molecule has 0 atom stereocenters. The van der Waals surface area contributed by atoms with Gasteiger partial charge < -0.3 is 10.4 Å². The van der Waals surface area contributed by atoms with Crippen LogP contribution in [-0.4, -0.2) is 31.6 Å². The normalized spacial score (nSPS) is 10.6. The van der Waals surface area contributed by atoms with Gasteiger partial charge in [-0.3, -0.25) is 14.8 Å². The summed E-state index contributed by atoms with van der Waals surface area (Å²) in [4.78, 5) is 10.3. The zero-order valence-electron chi connectivity index (χ0n) is 11.1. The molecule has 2 aromatic rings. The summed E-state index contributed by atoms with van der Waals surface area (Å²) in [5, 5.41) is 30.5. The Morgan fingerprint density at radius 3 is 3.00 bits per heavy atom. The fraction of sp³-hybridized carbons (Fsp3) is 0.333. The van der Waals surface area contributed by atoms with Crippen LogP contribution in [0, 0.1) is 10.1 Å². The first-order valence-electron chi connectivity index (χ1n) is 6.28. The van der Waals surface area contributed by atoms with Gasteiger partial charge in [0.05, 0.1) is 17.7 Å². The standard InChI is InChI=1S/C12H14ClN5O3/c13-11-3-2-9(6-12(11)18(20)21)14-7-10-8-17(16-15-10)4-1-5-19/h2-3,6,8,14,19H,1,4-5,7H2. The van der Waals surface area contributed by atoms with Crippen molar-refractivity contribution in [2.75, 3.05) is 11.9 Å². The van der Waals surface area contributed by atoms with E-state index in [1.807, 2.05) is 0 Å². The fourth-order valence-corrected chi connectivity index (χ4v) is 1.90. The third-order valence-corrected chi connectivity index (χ3v) is 3.07. The van der Waals surface area contributed by atoms with E-state index in [1.54, 1.807) is 16.9 Å². The van der Waals surface area contributed by atoms with E-state index < -0.39 is 4.92 Å². The molecule has 0 aliphatic carbocycles. The maximum Gasteiger partial charge on any atom is 0.289 e. The van der Waals surface area contributed by atoms with Gasteiger partial charge in [0.2, 0.25) is 0 Å². The predicted molar refractivity (Wildman–Crippen MR) is 77.2 cm³/mol. The van der Waals surface area contributed by atoms with Gasteiger partial charge in [0.1, 0.15) is 10.7 Å². The summed E-state index contributed by atoms with van der Waals surface area (Å²) < 4.78 is 1.64. The van der Waals surface area contributed by atoms with Crippen LogP contribution in [0.25, 0.3) is 0 Å². The van der Waals surface area contributed by atoms with Crippen LogP contribution in [0.2, 0.25) is 5.02 Å². The molecule has 0 saturated heterocycles. The first-order valence-corrected chi connectivity index (χ1v) is 6.65. The van der Waals surface area contributed by atoms with Crippen molar-refractivity contribution >= 4 is 23.0 Å². The van der Waals surface area contributed by atoms with E-state index in [0.29, 0.717) is 30.9 Å². The van der Waals surface area contributed by atoms with Crippen molar-refractivity contribution in [1.29, 1.82) is 0 Å². The van der Waals surface area contributed by atoms with E-state index in [2.05, 4.69) is 15.6 Å². The number of aromatic nitrogens is 3. The van der Waals surface area contributed by atoms with Crippen molar-refractivity contribution in [2.45, 2.75) is 19.5 Å². The van der Waals surface area contributed by atoms with Gasteiger partial charge in [0.25, 0.3) is 5.69 Å². The highest BCUT2D eigenvalue weighted by atomic mass is 35.5. The summed E-state index contributed by atoms with van der Waals surface area (Å²) in [6.45, 7) is 1.08. The monoisotopic (exact) mass is 311 g/mol. The van der Waals surface area contributed by atoms with Crippen LogP contribution in [0.1, 0.15) is 12.1 Å². The van der Waals surface area contributed by atoms with E-state index >= 15 is 0 Å². The lowest BCUT2D eigenvalue weighted by Gasteiger charge is -2.04. The van der Waals surface area contributed by atoms with Gasteiger partial charge in [0.15, 0.2) is 0 Å². The lowest BCUT2D eigenvalue weighted by atomic mass is 10.2. The minimum absolute atomic E-state index is 0.0977. The molecule has 8 nitrogen and oxygen atoms in total. The summed E-state index contributed by atoms with van der Waals surface area (Å²) in [5.74, 6) is 0. The number of nitro groups is 1. The Hall–Kier alpha value is -2.19. The molecule has 112 valence electrons. The first kappa shape index (κ1) is 15.2. The van der Waals surface area contributed by atoms with E-state index in [0.717, 1.165) is 0 Å². The molecule has 0 amide bonds. The molecule has 2 rings (SSSR count). The molecule has 1 aromatic carbocycles. The number of halogens is 1. The number of nitrogens with one attached hydrogen (secondary N) is 1. The van der Waals surface area contributed by atoms with Gasteiger partial charge >= 0.3 is 0 Å². The number of hydrogen-bond donors (Lipinski definition) is 2. The van der Waals surface area contributed by atoms with Gasteiger partial charge in [-0.15, -0.1) is 5.10 Å². The van der Waals surface area contributed by atoms with Gasteiger partial charge in [-0.2, -0.15) is 0 Å². The van der Waals surface area contributed by atoms with Crippen LogP contribution in [0.4, 0.5) is 11.4 Å². The van der Waals surface area contributed by atoms with Crippen molar-refractivity contribution < 1.29 is 10.0 Å². The number of nitrogens with zero attached hydrogens (tertiary/aromatic N) is 4. The Balaban J connectivity index is 1.98. The number of anilines is 1. The molecule has 1 aromatic heterocycles. The van der Waals surface area contributed by atoms with E-state index in [-0.39, 0.29) is 17.3 Å². The highest BCUT2D eigenvalue weighted by Crippen LogP contribution is 2.27. The highest BCUT2D eigenvalue weighted by Gasteiger charge is 2.12. The van der Waals surface area contributed by atoms with Crippen molar-refractivity contribution in [2.24, 2.45) is 0 Å². The zero-order chi connectivity index (χ0) is 15.2. The zero-order valence-corrected chi connectivity index (χ0v) is 11.8. The molecule has 0 fully saturated rings. The third kappa shape index (κ3) is 4.14. The smallest absolute Gasteiger partial charge is 0.289 e. The minimum Gasteiger partial charge on any atom is -0.396 e. The second-order valence-corrected chi connectivity index (χ2v) is 4.73. The lowest BCUT2D eigenvalue weighted by molar-refractivity contribution is -0.384. The Morgan fingerprint density at radius 1 is 1.48 bits per heavy atom. The topological polar surface area (TPSA) is 106 Å². The molecule has 0 radical (unpaired) electrons. The summed E-state index contributed by atoms with van der Waals surface area (Å²) in [6.07, 6.45) is 2.37. The molecule has 21 heavy (non-hydrogen) atoms. The van der Waals surface area contributed by atoms with Crippen molar-refractivity contribution in [3.63, 3.8) is 0 Å². The van der Waals surface area contributed by atoms with Gasteiger partial charge in [-0.25, -0.2) is 0 Å². The SMILES string of the molecule is O=[N+]([O-])c1cc(NCc2cn(CCCO)nn2)ccc1Cl. The average molecular weight is 312 g/mol.